The van der Waals surface area contributed by atoms with Crippen LogP contribution in [0.3, 0.4) is 0 Å². The molecule has 0 aliphatic heterocycles. The van der Waals surface area contributed by atoms with Gasteiger partial charge in [0.25, 0.3) is 0 Å². The van der Waals surface area contributed by atoms with Gasteiger partial charge in [0.15, 0.2) is 0 Å². The summed E-state index contributed by atoms with van der Waals surface area (Å²) in [6.45, 7) is 6.15. The summed E-state index contributed by atoms with van der Waals surface area (Å²) in [5.74, 6) is 0. The van der Waals surface area contributed by atoms with Crippen LogP contribution >= 0.6 is 0 Å². The van der Waals surface area contributed by atoms with Crippen LogP contribution in [-0.2, 0) is 12.8 Å². The number of hydrogen-bond acceptors (Lipinski definition) is 0. The van der Waals surface area contributed by atoms with E-state index in [-0.39, 0.29) is 0 Å². The first kappa shape index (κ1) is 9.31. The molecule has 0 unspecified atom stereocenters. The van der Waals surface area contributed by atoms with E-state index in [9.17, 15) is 0 Å². The summed E-state index contributed by atoms with van der Waals surface area (Å²) in [5.41, 5.74) is 2.89. The fraction of sp³-hybridized carbons (Fsp3) is 0.417. The van der Waals surface area contributed by atoms with Crippen LogP contribution in [0, 0.1) is 6.92 Å². The van der Waals surface area contributed by atoms with E-state index in [0.29, 0.717) is 0 Å². The molecule has 0 fully saturated rings. The summed E-state index contributed by atoms with van der Waals surface area (Å²) in [6, 6.07) is 8.61. The highest BCUT2D eigenvalue weighted by molar-refractivity contribution is 5.27. The summed E-state index contributed by atoms with van der Waals surface area (Å²) >= 11 is 0. The van der Waals surface area contributed by atoms with Crippen molar-refractivity contribution < 1.29 is 0 Å². The number of benzene rings is 1. The largest absolute Gasteiger partial charge is 0.0654 e. The quantitative estimate of drug-likeness (QED) is 0.635. The Kier molecular flexibility index (Phi) is 3.86. The number of rotatable bonds is 4. The van der Waals surface area contributed by atoms with Crippen molar-refractivity contribution in [2.75, 3.05) is 0 Å². The molecule has 0 aliphatic rings. The van der Waals surface area contributed by atoms with Crippen molar-refractivity contribution in [2.24, 2.45) is 0 Å². The van der Waals surface area contributed by atoms with E-state index >= 15 is 0 Å². The molecular formula is C12H17. The van der Waals surface area contributed by atoms with Crippen LogP contribution in [0.25, 0.3) is 0 Å². The normalized spacial score (nSPS) is 10.2. The fourth-order valence-corrected chi connectivity index (χ4v) is 1.41. The van der Waals surface area contributed by atoms with E-state index in [2.05, 4.69) is 38.1 Å². The van der Waals surface area contributed by atoms with Gasteiger partial charge in [-0.2, -0.15) is 0 Å². The first-order valence-electron chi connectivity index (χ1n) is 4.74. The Morgan fingerprint density at radius 3 is 2.42 bits per heavy atom. The van der Waals surface area contributed by atoms with Gasteiger partial charge in [-0.1, -0.05) is 37.6 Å². The summed E-state index contributed by atoms with van der Waals surface area (Å²) < 4.78 is 0. The molecule has 1 aromatic carbocycles. The molecule has 0 saturated heterocycles. The van der Waals surface area contributed by atoms with Crippen LogP contribution in [-0.4, -0.2) is 0 Å². The van der Waals surface area contributed by atoms with Gasteiger partial charge in [0.1, 0.15) is 0 Å². The molecular weight excluding hydrogens is 144 g/mol. The van der Waals surface area contributed by atoms with E-state index in [1.54, 1.807) is 0 Å². The van der Waals surface area contributed by atoms with Crippen LogP contribution in [0.2, 0.25) is 0 Å². The van der Waals surface area contributed by atoms with Crippen molar-refractivity contribution >= 4 is 0 Å². The van der Waals surface area contributed by atoms with E-state index in [1.807, 2.05) is 0 Å². The third-order valence-electron chi connectivity index (χ3n) is 2.19. The lowest BCUT2D eigenvalue weighted by Crippen LogP contribution is -1.91. The molecule has 65 valence electrons. The van der Waals surface area contributed by atoms with E-state index in [4.69, 9.17) is 0 Å². The Hall–Kier alpha value is -0.780. The highest BCUT2D eigenvalue weighted by Crippen LogP contribution is 2.11. The fourth-order valence-electron chi connectivity index (χ4n) is 1.41. The third kappa shape index (κ3) is 2.37. The summed E-state index contributed by atoms with van der Waals surface area (Å²) in [5, 5.41) is 0. The monoisotopic (exact) mass is 161 g/mol. The van der Waals surface area contributed by atoms with Gasteiger partial charge in [0, 0.05) is 0 Å². The molecule has 0 bridgehead atoms. The maximum Gasteiger partial charge on any atom is -0.0276 e. The number of aryl methyl sites for hydroxylation is 1. The third-order valence-corrected chi connectivity index (χ3v) is 2.19. The van der Waals surface area contributed by atoms with Crippen molar-refractivity contribution in [1.82, 2.24) is 0 Å². The SMILES string of the molecule is [CH2]Cc1ccccc1CCCC. The summed E-state index contributed by atoms with van der Waals surface area (Å²) in [6.07, 6.45) is 4.69. The van der Waals surface area contributed by atoms with Crippen LogP contribution in [0.4, 0.5) is 0 Å². The van der Waals surface area contributed by atoms with Crippen molar-refractivity contribution in [3.63, 3.8) is 0 Å². The average Bonchev–Trinajstić information content (AvgIpc) is 2.15. The van der Waals surface area contributed by atoms with Crippen LogP contribution < -0.4 is 0 Å². The second-order valence-electron chi connectivity index (χ2n) is 3.12. The predicted molar refractivity (Wildman–Crippen MR) is 54.1 cm³/mol. The van der Waals surface area contributed by atoms with Crippen molar-refractivity contribution in [3.8, 4) is 0 Å². The molecule has 0 heterocycles. The van der Waals surface area contributed by atoms with Gasteiger partial charge in [0.05, 0.1) is 0 Å². The molecule has 0 amide bonds. The zero-order chi connectivity index (χ0) is 8.81. The lowest BCUT2D eigenvalue weighted by molar-refractivity contribution is 0.789. The second kappa shape index (κ2) is 4.97. The second-order valence-corrected chi connectivity index (χ2v) is 3.12. The van der Waals surface area contributed by atoms with Gasteiger partial charge in [-0.05, 0) is 37.3 Å². The van der Waals surface area contributed by atoms with Crippen molar-refractivity contribution in [2.45, 2.75) is 32.6 Å². The van der Waals surface area contributed by atoms with E-state index in [1.165, 1.54) is 30.4 Å². The maximum absolute atomic E-state index is 3.92. The van der Waals surface area contributed by atoms with Crippen molar-refractivity contribution in [1.29, 1.82) is 0 Å². The molecule has 1 radical (unpaired) electrons. The minimum atomic E-state index is 0.917. The molecule has 0 saturated carbocycles. The molecule has 0 heteroatoms. The van der Waals surface area contributed by atoms with Crippen LogP contribution in [0.5, 0.6) is 0 Å². The van der Waals surface area contributed by atoms with Gasteiger partial charge >= 0.3 is 0 Å². The summed E-state index contributed by atoms with van der Waals surface area (Å²) in [4.78, 5) is 0. The van der Waals surface area contributed by atoms with Gasteiger partial charge in [-0.25, -0.2) is 0 Å². The molecule has 1 aromatic rings. The molecule has 12 heavy (non-hydrogen) atoms. The van der Waals surface area contributed by atoms with Gasteiger partial charge in [-0.3, -0.25) is 0 Å². The first-order chi connectivity index (χ1) is 5.88. The minimum absolute atomic E-state index is 0.917. The van der Waals surface area contributed by atoms with E-state index < -0.39 is 0 Å². The van der Waals surface area contributed by atoms with E-state index in [0.717, 1.165) is 6.42 Å². The molecule has 0 atom stereocenters. The molecule has 0 N–H and O–H groups in total. The van der Waals surface area contributed by atoms with Gasteiger partial charge in [0.2, 0.25) is 0 Å². The lowest BCUT2D eigenvalue weighted by atomic mass is 10.0. The number of unbranched alkanes of at least 4 members (excludes halogenated alkanes) is 1. The van der Waals surface area contributed by atoms with Gasteiger partial charge in [-0.15, -0.1) is 0 Å². The molecule has 0 aliphatic carbocycles. The Balaban J connectivity index is 2.68. The van der Waals surface area contributed by atoms with Crippen LogP contribution in [0.1, 0.15) is 30.9 Å². The Bertz CT molecular complexity index is 225. The van der Waals surface area contributed by atoms with Gasteiger partial charge < -0.3 is 0 Å². The highest BCUT2D eigenvalue weighted by Gasteiger charge is 1.97. The molecule has 0 aromatic heterocycles. The Morgan fingerprint density at radius 2 is 1.83 bits per heavy atom. The predicted octanol–water partition coefficient (Wildman–Crippen LogP) is 3.41. The Morgan fingerprint density at radius 1 is 1.17 bits per heavy atom. The zero-order valence-corrected chi connectivity index (χ0v) is 7.84. The smallest absolute Gasteiger partial charge is 0.0276 e. The number of hydrogen-bond donors (Lipinski definition) is 0. The van der Waals surface area contributed by atoms with Crippen LogP contribution in [0.15, 0.2) is 24.3 Å². The first-order valence-corrected chi connectivity index (χ1v) is 4.74. The van der Waals surface area contributed by atoms with Crippen molar-refractivity contribution in [3.05, 3.63) is 42.3 Å². The molecule has 0 nitrogen and oxygen atoms in total. The lowest BCUT2D eigenvalue weighted by Gasteiger charge is -2.05. The molecule has 0 spiro atoms. The minimum Gasteiger partial charge on any atom is -0.0654 e. The maximum atomic E-state index is 3.92. The summed E-state index contributed by atoms with van der Waals surface area (Å²) in [7, 11) is 0. The molecule has 1 rings (SSSR count). The topological polar surface area (TPSA) is 0 Å². The highest BCUT2D eigenvalue weighted by atomic mass is 14.0. The zero-order valence-electron chi connectivity index (χ0n) is 7.84. The average molecular weight is 161 g/mol. The standard InChI is InChI=1S/C12H17/c1-3-5-8-12-10-7-6-9-11(12)4-2/h6-7,9-10H,2-5,8H2,1H3. The Labute approximate surface area is 75.6 Å².